The molecule has 0 aromatic rings. The summed E-state index contributed by atoms with van der Waals surface area (Å²) in [6.45, 7) is 8.38. The lowest BCUT2D eigenvalue weighted by molar-refractivity contribution is -0.254. The normalized spacial score (nSPS) is 36.2. The Hall–Kier alpha value is -0.160. The van der Waals surface area contributed by atoms with Crippen LogP contribution in [-0.2, 0) is 14.2 Å². The van der Waals surface area contributed by atoms with E-state index < -0.39 is 5.79 Å². The second-order valence-electron chi connectivity index (χ2n) is 5.29. The Morgan fingerprint density at radius 3 is 2.44 bits per heavy atom. The molecule has 2 aliphatic rings. The van der Waals surface area contributed by atoms with Gasteiger partial charge in [0.25, 0.3) is 0 Å². The Morgan fingerprint density at radius 1 is 1.12 bits per heavy atom. The van der Waals surface area contributed by atoms with Gasteiger partial charge in [-0.3, -0.25) is 0 Å². The minimum absolute atomic E-state index is 0.323. The van der Waals surface area contributed by atoms with Gasteiger partial charge in [0.2, 0.25) is 0 Å². The van der Waals surface area contributed by atoms with Gasteiger partial charge in [0, 0.05) is 12.6 Å². The number of hydrogen-bond acceptors (Lipinski definition) is 4. The molecule has 94 valence electrons. The van der Waals surface area contributed by atoms with E-state index in [0.717, 1.165) is 32.7 Å². The minimum Gasteiger partial charge on any atom is -0.378 e. The lowest BCUT2D eigenvalue weighted by Crippen LogP contribution is -2.53. The fourth-order valence-electron chi connectivity index (χ4n) is 2.27. The smallest absolute Gasteiger partial charge is 0.162 e. The van der Waals surface area contributed by atoms with E-state index in [4.69, 9.17) is 14.2 Å². The molecule has 0 aromatic carbocycles. The van der Waals surface area contributed by atoms with Crippen molar-refractivity contribution in [1.29, 1.82) is 0 Å². The monoisotopic (exact) mass is 229 g/mol. The van der Waals surface area contributed by atoms with Crippen LogP contribution in [-0.4, -0.2) is 43.8 Å². The van der Waals surface area contributed by atoms with Gasteiger partial charge in [-0.1, -0.05) is 0 Å². The average Bonchev–Trinajstić information content (AvgIpc) is 2.21. The van der Waals surface area contributed by atoms with Crippen molar-refractivity contribution in [2.45, 2.75) is 57.6 Å². The van der Waals surface area contributed by atoms with Crippen molar-refractivity contribution in [3.63, 3.8) is 0 Å². The zero-order chi connectivity index (χ0) is 11.6. The van der Waals surface area contributed by atoms with Crippen molar-refractivity contribution in [1.82, 2.24) is 5.32 Å². The van der Waals surface area contributed by atoms with Crippen molar-refractivity contribution in [3.8, 4) is 0 Å². The molecule has 2 atom stereocenters. The average molecular weight is 229 g/mol. The Bertz CT molecular complexity index is 222. The fourth-order valence-corrected chi connectivity index (χ4v) is 2.27. The first-order valence-corrected chi connectivity index (χ1v) is 6.21. The molecule has 0 bridgehead atoms. The molecule has 2 aliphatic heterocycles. The van der Waals surface area contributed by atoms with Crippen molar-refractivity contribution in [2.75, 3.05) is 19.8 Å². The fraction of sp³-hybridized carbons (Fsp3) is 1.00. The summed E-state index contributed by atoms with van der Waals surface area (Å²) in [5, 5.41) is 3.60. The summed E-state index contributed by atoms with van der Waals surface area (Å²) < 4.78 is 16.8. The predicted octanol–water partition coefficient (Wildman–Crippen LogP) is 1.29. The summed E-state index contributed by atoms with van der Waals surface area (Å²) in [6.07, 6.45) is 2.54. The zero-order valence-corrected chi connectivity index (χ0v) is 10.5. The first kappa shape index (κ1) is 12.3. The van der Waals surface area contributed by atoms with E-state index in [1.807, 2.05) is 13.8 Å². The maximum atomic E-state index is 5.63. The van der Waals surface area contributed by atoms with E-state index in [-0.39, 0.29) is 0 Å². The Kier molecular flexibility index (Phi) is 3.85. The van der Waals surface area contributed by atoms with Crippen molar-refractivity contribution in [2.24, 2.45) is 0 Å². The van der Waals surface area contributed by atoms with Gasteiger partial charge in [0.15, 0.2) is 5.79 Å². The van der Waals surface area contributed by atoms with Crippen LogP contribution in [0.3, 0.4) is 0 Å². The molecule has 2 saturated heterocycles. The van der Waals surface area contributed by atoms with Gasteiger partial charge < -0.3 is 19.5 Å². The largest absolute Gasteiger partial charge is 0.378 e. The zero-order valence-electron chi connectivity index (χ0n) is 10.5. The van der Waals surface area contributed by atoms with E-state index in [1.165, 1.54) is 0 Å². The van der Waals surface area contributed by atoms with Crippen LogP contribution in [0, 0.1) is 0 Å². The standard InChI is InChI=1S/C12H23NO3/c1-9-6-10(4-5-14-9)13-11-7-15-12(2,3)16-8-11/h9-11,13H,4-8H2,1-3H3. The minimum atomic E-state index is -0.416. The first-order chi connectivity index (χ1) is 7.55. The highest BCUT2D eigenvalue weighted by molar-refractivity contribution is 4.81. The van der Waals surface area contributed by atoms with Crippen molar-refractivity contribution >= 4 is 0 Å². The van der Waals surface area contributed by atoms with Crippen molar-refractivity contribution < 1.29 is 14.2 Å². The van der Waals surface area contributed by atoms with Gasteiger partial charge in [-0.2, -0.15) is 0 Å². The maximum Gasteiger partial charge on any atom is 0.162 e. The molecule has 2 unspecified atom stereocenters. The van der Waals surface area contributed by atoms with Crippen LogP contribution < -0.4 is 5.32 Å². The molecule has 2 fully saturated rings. The maximum absolute atomic E-state index is 5.63. The van der Waals surface area contributed by atoms with Crippen LogP contribution in [0.25, 0.3) is 0 Å². The van der Waals surface area contributed by atoms with E-state index in [1.54, 1.807) is 0 Å². The van der Waals surface area contributed by atoms with E-state index in [2.05, 4.69) is 12.2 Å². The Morgan fingerprint density at radius 2 is 1.81 bits per heavy atom. The van der Waals surface area contributed by atoms with Crippen LogP contribution in [0.1, 0.15) is 33.6 Å². The number of rotatable bonds is 2. The third-order valence-corrected chi connectivity index (χ3v) is 3.22. The van der Waals surface area contributed by atoms with Crippen LogP contribution in [0.4, 0.5) is 0 Å². The number of ether oxygens (including phenoxy) is 3. The van der Waals surface area contributed by atoms with E-state index in [9.17, 15) is 0 Å². The lowest BCUT2D eigenvalue weighted by Gasteiger charge is -2.38. The molecule has 0 aliphatic carbocycles. The quantitative estimate of drug-likeness (QED) is 0.774. The number of hydrogen-bond donors (Lipinski definition) is 1. The third kappa shape index (κ3) is 3.42. The van der Waals surface area contributed by atoms with Gasteiger partial charge in [0.1, 0.15) is 0 Å². The second kappa shape index (κ2) is 5.00. The summed E-state index contributed by atoms with van der Waals surface area (Å²) in [6, 6.07) is 0.866. The second-order valence-corrected chi connectivity index (χ2v) is 5.29. The van der Waals surface area contributed by atoms with Gasteiger partial charge in [-0.05, 0) is 33.6 Å². The molecule has 0 saturated carbocycles. The van der Waals surface area contributed by atoms with Crippen LogP contribution >= 0.6 is 0 Å². The summed E-state index contributed by atoms with van der Waals surface area (Å²) in [7, 11) is 0. The number of nitrogens with one attached hydrogen (secondary N) is 1. The van der Waals surface area contributed by atoms with Gasteiger partial charge in [-0.15, -0.1) is 0 Å². The molecule has 2 heterocycles. The van der Waals surface area contributed by atoms with Crippen molar-refractivity contribution in [3.05, 3.63) is 0 Å². The molecule has 0 radical (unpaired) electrons. The predicted molar refractivity (Wildman–Crippen MR) is 61.3 cm³/mol. The summed E-state index contributed by atoms with van der Waals surface area (Å²) in [5.41, 5.74) is 0. The topological polar surface area (TPSA) is 39.7 Å². The molecule has 0 aromatic heterocycles. The highest BCUT2D eigenvalue weighted by Crippen LogP contribution is 2.19. The van der Waals surface area contributed by atoms with Gasteiger partial charge in [-0.25, -0.2) is 0 Å². The molecule has 0 spiro atoms. The first-order valence-electron chi connectivity index (χ1n) is 6.21. The van der Waals surface area contributed by atoms with E-state index >= 15 is 0 Å². The molecule has 0 amide bonds. The highest BCUT2D eigenvalue weighted by Gasteiger charge is 2.30. The van der Waals surface area contributed by atoms with Gasteiger partial charge >= 0.3 is 0 Å². The third-order valence-electron chi connectivity index (χ3n) is 3.22. The van der Waals surface area contributed by atoms with Crippen LogP contribution in [0.15, 0.2) is 0 Å². The molecule has 4 nitrogen and oxygen atoms in total. The lowest BCUT2D eigenvalue weighted by atomic mass is 10.0. The van der Waals surface area contributed by atoms with Crippen LogP contribution in [0.5, 0.6) is 0 Å². The van der Waals surface area contributed by atoms with Gasteiger partial charge in [0.05, 0.1) is 25.4 Å². The highest BCUT2D eigenvalue weighted by atomic mass is 16.7. The SMILES string of the molecule is CC1CC(NC2COC(C)(C)OC2)CCO1. The summed E-state index contributed by atoms with van der Waals surface area (Å²) in [5.74, 6) is -0.416. The summed E-state index contributed by atoms with van der Waals surface area (Å²) in [4.78, 5) is 0. The summed E-state index contributed by atoms with van der Waals surface area (Å²) >= 11 is 0. The molecule has 1 N–H and O–H groups in total. The molecular weight excluding hydrogens is 206 g/mol. The molecular formula is C12H23NO3. The Labute approximate surface area is 97.6 Å². The van der Waals surface area contributed by atoms with Crippen LogP contribution in [0.2, 0.25) is 0 Å². The molecule has 2 rings (SSSR count). The Balaban J connectivity index is 1.74. The van der Waals surface area contributed by atoms with E-state index in [0.29, 0.717) is 18.2 Å². The molecule has 16 heavy (non-hydrogen) atoms. The molecule has 4 heteroatoms.